The van der Waals surface area contributed by atoms with E-state index in [9.17, 15) is 15.0 Å². The average Bonchev–Trinajstić information content (AvgIpc) is 3.72. The number of esters is 1. The van der Waals surface area contributed by atoms with Crippen molar-refractivity contribution in [2.75, 3.05) is 20.2 Å². The van der Waals surface area contributed by atoms with E-state index in [4.69, 9.17) is 4.74 Å². The van der Waals surface area contributed by atoms with Crippen molar-refractivity contribution in [2.45, 2.75) is 62.8 Å². The Hall–Kier alpha value is -2.49. The van der Waals surface area contributed by atoms with Gasteiger partial charge in [0.1, 0.15) is 6.10 Å². The molecule has 0 saturated heterocycles. The van der Waals surface area contributed by atoms with Crippen molar-refractivity contribution in [3.63, 3.8) is 0 Å². The van der Waals surface area contributed by atoms with Crippen LogP contribution in [-0.4, -0.2) is 58.0 Å². The minimum atomic E-state index is -1.74. The lowest BCUT2D eigenvalue weighted by Crippen LogP contribution is -2.42. The van der Waals surface area contributed by atoms with Gasteiger partial charge in [-0.25, -0.2) is 4.79 Å². The predicted octanol–water partition coefficient (Wildman–Crippen LogP) is 5.41. The van der Waals surface area contributed by atoms with Crippen molar-refractivity contribution < 1.29 is 19.7 Å². The highest BCUT2D eigenvalue weighted by atomic mass is 32.1. The molecule has 8 heteroatoms. The number of rotatable bonds is 11. The van der Waals surface area contributed by atoms with Gasteiger partial charge in [-0.05, 0) is 86.6 Å². The summed E-state index contributed by atoms with van der Waals surface area (Å²) in [7, 11) is 2.19. The monoisotopic (exact) mass is 552 g/mol. The van der Waals surface area contributed by atoms with E-state index in [2.05, 4.69) is 40.9 Å². The first-order valence-corrected chi connectivity index (χ1v) is 15.2. The lowest BCUT2D eigenvalue weighted by molar-refractivity contribution is -0.169. The molecular weight excluding hydrogens is 516 g/mol. The van der Waals surface area contributed by atoms with E-state index in [1.54, 1.807) is 12.1 Å². The van der Waals surface area contributed by atoms with Crippen molar-refractivity contribution in [3.05, 3.63) is 80.8 Å². The Kier molecular flexibility index (Phi) is 8.65. The van der Waals surface area contributed by atoms with Crippen molar-refractivity contribution in [1.82, 2.24) is 9.47 Å². The summed E-state index contributed by atoms with van der Waals surface area (Å²) < 4.78 is 8.07. The van der Waals surface area contributed by atoms with Crippen molar-refractivity contribution in [3.8, 4) is 0 Å². The minimum absolute atomic E-state index is 0.139. The molecule has 4 aromatic rings. The molecule has 0 bridgehead atoms. The van der Waals surface area contributed by atoms with E-state index in [0.717, 1.165) is 45.1 Å². The van der Waals surface area contributed by atoms with Gasteiger partial charge in [-0.1, -0.05) is 30.3 Å². The second-order valence-corrected chi connectivity index (χ2v) is 12.1. The average molecular weight is 553 g/mol. The van der Waals surface area contributed by atoms with Crippen LogP contribution in [0.1, 0.15) is 47.4 Å². The summed E-state index contributed by atoms with van der Waals surface area (Å²) >= 11 is 2.74. The van der Waals surface area contributed by atoms with Crippen molar-refractivity contribution in [2.24, 2.45) is 0 Å². The lowest BCUT2D eigenvalue weighted by Gasteiger charge is -2.35. The zero-order valence-electron chi connectivity index (χ0n) is 21.8. The third-order valence-electron chi connectivity index (χ3n) is 7.76. The van der Waals surface area contributed by atoms with Crippen LogP contribution in [-0.2, 0) is 28.1 Å². The Morgan fingerprint density at radius 2 is 1.74 bits per heavy atom. The number of aliphatic hydroxyl groups is 2. The third kappa shape index (κ3) is 5.60. The maximum atomic E-state index is 13.3. The summed E-state index contributed by atoms with van der Waals surface area (Å²) in [6.45, 7) is 1.76. The second-order valence-electron chi connectivity index (χ2n) is 10.2. The molecule has 0 aliphatic heterocycles. The molecule has 3 aromatic heterocycles. The first kappa shape index (κ1) is 27.1. The number of aromatic nitrogens is 1. The molecule has 5 rings (SSSR count). The maximum absolute atomic E-state index is 13.3. The molecule has 202 valence electrons. The van der Waals surface area contributed by atoms with Gasteiger partial charge in [-0.15, -0.1) is 22.7 Å². The number of nitrogens with zero attached hydrogens (tertiary/aromatic N) is 2. The SMILES string of the molecule is CN(CCCc1cn(CCO)c2ccccc12)[C@H]1CC[C@H](OC(=O)C(O)(c2cccs2)c2cccs2)CC1. The number of aryl methyl sites for hydroxylation is 1. The molecule has 0 unspecified atom stereocenters. The van der Waals surface area contributed by atoms with E-state index in [1.165, 1.54) is 39.1 Å². The van der Waals surface area contributed by atoms with Crippen LogP contribution < -0.4 is 0 Å². The topological polar surface area (TPSA) is 74.9 Å². The van der Waals surface area contributed by atoms with Gasteiger partial charge in [0, 0.05) is 29.7 Å². The van der Waals surface area contributed by atoms with Crippen molar-refractivity contribution >= 4 is 39.5 Å². The molecule has 38 heavy (non-hydrogen) atoms. The zero-order valence-corrected chi connectivity index (χ0v) is 23.4. The molecule has 0 amide bonds. The highest BCUT2D eigenvalue weighted by Crippen LogP contribution is 2.38. The van der Waals surface area contributed by atoms with E-state index in [1.807, 2.05) is 29.0 Å². The molecule has 2 N–H and O–H groups in total. The minimum Gasteiger partial charge on any atom is -0.460 e. The van der Waals surface area contributed by atoms with Crippen LogP contribution in [0.2, 0.25) is 0 Å². The predicted molar refractivity (Wildman–Crippen MR) is 154 cm³/mol. The number of para-hydroxylation sites is 1. The fourth-order valence-electron chi connectivity index (χ4n) is 5.65. The number of fused-ring (bicyclic) bond motifs is 1. The van der Waals surface area contributed by atoms with Gasteiger partial charge in [-0.3, -0.25) is 0 Å². The van der Waals surface area contributed by atoms with E-state index in [-0.39, 0.29) is 12.7 Å². The molecule has 0 spiro atoms. The highest BCUT2D eigenvalue weighted by molar-refractivity contribution is 7.12. The summed E-state index contributed by atoms with van der Waals surface area (Å²) in [5.74, 6) is -0.570. The first-order valence-electron chi connectivity index (χ1n) is 13.4. The van der Waals surface area contributed by atoms with E-state index >= 15 is 0 Å². The molecule has 1 aliphatic carbocycles. The fourth-order valence-corrected chi connectivity index (χ4v) is 7.36. The van der Waals surface area contributed by atoms with Gasteiger partial charge >= 0.3 is 5.97 Å². The molecule has 1 aliphatic rings. The van der Waals surface area contributed by atoms with Crippen LogP contribution in [0.25, 0.3) is 10.9 Å². The van der Waals surface area contributed by atoms with Crippen LogP contribution in [0.4, 0.5) is 0 Å². The number of aliphatic hydroxyl groups excluding tert-OH is 1. The lowest BCUT2D eigenvalue weighted by atomic mass is 9.91. The Labute approximate surface area is 232 Å². The van der Waals surface area contributed by atoms with Gasteiger partial charge < -0.3 is 24.4 Å². The molecule has 1 fully saturated rings. The van der Waals surface area contributed by atoms with E-state index < -0.39 is 11.6 Å². The number of hydrogen-bond acceptors (Lipinski definition) is 7. The molecular formula is C30H36N2O4S2. The van der Waals surface area contributed by atoms with Gasteiger partial charge in [0.25, 0.3) is 0 Å². The number of hydrogen-bond donors (Lipinski definition) is 2. The molecule has 6 nitrogen and oxygen atoms in total. The quantitative estimate of drug-likeness (QED) is 0.243. The summed E-state index contributed by atoms with van der Waals surface area (Å²) in [6.07, 6.45) is 7.64. The third-order valence-corrected chi connectivity index (χ3v) is 9.72. The molecule has 0 radical (unpaired) electrons. The Balaban J connectivity index is 1.12. The van der Waals surface area contributed by atoms with Crippen LogP contribution in [0, 0.1) is 0 Å². The van der Waals surface area contributed by atoms with Crippen LogP contribution in [0.15, 0.2) is 65.5 Å². The maximum Gasteiger partial charge on any atom is 0.349 e. The molecule has 3 heterocycles. The number of ether oxygens (including phenoxy) is 1. The second kappa shape index (κ2) is 12.1. The number of carbonyl (C=O) groups is 1. The number of thiophene rings is 2. The molecule has 1 saturated carbocycles. The Bertz CT molecular complexity index is 1270. The Morgan fingerprint density at radius 3 is 2.37 bits per heavy atom. The Morgan fingerprint density at radius 1 is 1.05 bits per heavy atom. The summed E-state index contributed by atoms with van der Waals surface area (Å²) in [4.78, 5) is 16.9. The van der Waals surface area contributed by atoms with Gasteiger partial charge in [0.15, 0.2) is 0 Å². The van der Waals surface area contributed by atoms with Gasteiger partial charge in [0.2, 0.25) is 5.60 Å². The fraction of sp³-hybridized carbons (Fsp3) is 0.433. The zero-order chi connectivity index (χ0) is 26.5. The standard InChI is InChI=1S/C30H36N2O4S2/c1-31(16-4-7-22-21-32(17-18-33)26-9-3-2-8-25(22)26)23-12-14-24(15-13-23)36-29(34)30(35,27-10-5-19-37-27)28-11-6-20-38-28/h2-3,5-6,8-11,19-21,23-24,33,35H,4,7,12-18H2,1H3/t23-,24-. The summed E-state index contributed by atoms with van der Waals surface area (Å²) in [6, 6.07) is 16.2. The van der Waals surface area contributed by atoms with Crippen molar-refractivity contribution in [1.29, 1.82) is 0 Å². The highest BCUT2D eigenvalue weighted by Gasteiger charge is 2.45. The number of carbonyl (C=O) groups excluding carboxylic acids is 1. The summed E-state index contributed by atoms with van der Waals surface area (Å²) in [5, 5.41) is 25.9. The largest absolute Gasteiger partial charge is 0.460 e. The van der Waals surface area contributed by atoms with Crippen LogP contribution in [0.3, 0.4) is 0 Å². The number of benzene rings is 1. The van der Waals surface area contributed by atoms with Gasteiger partial charge in [0.05, 0.1) is 16.4 Å². The first-order chi connectivity index (χ1) is 18.5. The summed E-state index contributed by atoms with van der Waals surface area (Å²) in [5.41, 5.74) is 0.779. The molecule has 0 atom stereocenters. The normalized spacial score (nSPS) is 18.3. The van der Waals surface area contributed by atoms with Gasteiger partial charge in [-0.2, -0.15) is 0 Å². The van der Waals surface area contributed by atoms with Crippen LogP contribution in [0.5, 0.6) is 0 Å². The smallest absolute Gasteiger partial charge is 0.349 e. The van der Waals surface area contributed by atoms with Crippen LogP contribution >= 0.6 is 22.7 Å². The molecule has 1 aromatic carbocycles. The van der Waals surface area contributed by atoms with E-state index in [0.29, 0.717) is 22.3 Å².